The lowest BCUT2D eigenvalue weighted by Crippen LogP contribution is -2.13. The number of rotatable bonds is 9. The molecule has 9 heteroatoms. The quantitative estimate of drug-likeness (QED) is 0.206. The number of nitrogens with one attached hydrogen (secondary N) is 2. The first-order valence-corrected chi connectivity index (χ1v) is 12.7. The third kappa shape index (κ3) is 5.22. The number of ether oxygens (including phenoxy) is 3. The van der Waals surface area contributed by atoms with Crippen molar-refractivity contribution in [2.24, 2.45) is 7.05 Å². The second kappa shape index (κ2) is 11.3. The number of fused-ring (bicyclic) bond motifs is 1. The Morgan fingerprint density at radius 1 is 0.900 bits per heavy atom. The minimum absolute atomic E-state index is 0.207. The number of hydrogen-bond donors (Lipinski definition) is 3. The first kappa shape index (κ1) is 26.4. The summed E-state index contributed by atoms with van der Waals surface area (Å²) in [5.41, 5.74) is 12.3. The van der Waals surface area contributed by atoms with Crippen LogP contribution >= 0.6 is 0 Å². The van der Waals surface area contributed by atoms with Gasteiger partial charge in [-0.15, -0.1) is 0 Å². The second-order valence-corrected chi connectivity index (χ2v) is 9.20. The maximum Gasteiger partial charge on any atom is 0.255 e. The van der Waals surface area contributed by atoms with Gasteiger partial charge in [0.15, 0.2) is 11.5 Å². The molecule has 0 bridgehead atoms. The van der Waals surface area contributed by atoms with Gasteiger partial charge in [0, 0.05) is 30.4 Å². The van der Waals surface area contributed by atoms with Crippen molar-refractivity contribution in [2.45, 2.75) is 6.54 Å². The number of imidazole rings is 1. The molecule has 1 aromatic heterocycles. The van der Waals surface area contributed by atoms with Crippen LogP contribution < -0.4 is 30.6 Å². The molecule has 0 radical (unpaired) electrons. The first-order valence-electron chi connectivity index (χ1n) is 12.7. The molecule has 40 heavy (non-hydrogen) atoms. The number of aromatic nitrogens is 2. The van der Waals surface area contributed by atoms with Crippen molar-refractivity contribution in [1.82, 2.24) is 9.55 Å². The molecule has 5 aromatic rings. The van der Waals surface area contributed by atoms with E-state index in [1.807, 2.05) is 66.2 Å². The van der Waals surface area contributed by atoms with E-state index in [0.717, 1.165) is 33.7 Å². The van der Waals surface area contributed by atoms with Crippen LogP contribution in [0.3, 0.4) is 0 Å². The van der Waals surface area contributed by atoms with Gasteiger partial charge < -0.3 is 35.1 Å². The predicted octanol–water partition coefficient (Wildman–Crippen LogP) is 5.71. The Hall–Kier alpha value is -5.18. The van der Waals surface area contributed by atoms with E-state index in [-0.39, 0.29) is 5.91 Å². The molecule has 1 heterocycles. The highest BCUT2D eigenvalue weighted by Crippen LogP contribution is 2.41. The minimum atomic E-state index is -0.207. The number of benzene rings is 4. The van der Waals surface area contributed by atoms with Crippen LogP contribution in [-0.2, 0) is 13.6 Å². The van der Waals surface area contributed by atoms with Crippen molar-refractivity contribution in [3.05, 3.63) is 90.0 Å². The number of amides is 1. The van der Waals surface area contributed by atoms with Crippen molar-refractivity contribution in [1.29, 1.82) is 0 Å². The van der Waals surface area contributed by atoms with E-state index in [0.29, 0.717) is 40.7 Å². The Labute approximate surface area is 232 Å². The summed E-state index contributed by atoms with van der Waals surface area (Å²) in [5.74, 6) is 2.24. The Kier molecular flexibility index (Phi) is 7.46. The maximum absolute atomic E-state index is 12.6. The fourth-order valence-corrected chi connectivity index (χ4v) is 4.56. The molecule has 0 aliphatic heterocycles. The molecule has 0 fully saturated rings. The summed E-state index contributed by atoms with van der Waals surface area (Å²) in [6.07, 6.45) is 0. The molecular formula is C31H31N5O4. The Morgan fingerprint density at radius 3 is 2.25 bits per heavy atom. The molecule has 4 N–H and O–H groups in total. The van der Waals surface area contributed by atoms with E-state index in [9.17, 15) is 4.79 Å². The standard InChI is InChI=1S/C31H31N5O4/c1-36-26-14-13-22(17-25(26)34-30(36)21-15-27(38-2)29(40-4)28(16-21)39-3)33-18-19-9-11-20(12-10-19)31(37)35-24-8-6-5-7-23(24)32/h5-17,33H,18,32H2,1-4H3,(H,35,37). The van der Waals surface area contributed by atoms with E-state index in [1.54, 1.807) is 45.6 Å². The molecule has 0 unspecified atom stereocenters. The molecule has 0 aliphatic carbocycles. The lowest BCUT2D eigenvalue weighted by atomic mass is 10.1. The zero-order valence-corrected chi connectivity index (χ0v) is 22.8. The van der Waals surface area contributed by atoms with Gasteiger partial charge in [0.25, 0.3) is 5.91 Å². The Bertz CT molecular complexity index is 1650. The molecule has 5 rings (SSSR count). The Morgan fingerprint density at radius 2 is 1.60 bits per heavy atom. The molecule has 0 atom stereocenters. The number of nitrogens with zero attached hydrogens (tertiary/aromatic N) is 2. The van der Waals surface area contributed by atoms with Gasteiger partial charge in [-0.05, 0) is 60.2 Å². The Balaban J connectivity index is 1.31. The molecular weight excluding hydrogens is 506 g/mol. The zero-order chi connectivity index (χ0) is 28.2. The fourth-order valence-electron chi connectivity index (χ4n) is 4.56. The zero-order valence-electron chi connectivity index (χ0n) is 22.8. The van der Waals surface area contributed by atoms with Crippen molar-refractivity contribution in [2.75, 3.05) is 37.7 Å². The summed E-state index contributed by atoms with van der Waals surface area (Å²) in [6.45, 7) is 0.589. The largest absolute Gasteiger partial charge is 0.493 e. The summed E-state index contributed by atoms with van der Waals surface area (Å²) >= 11 is 0. The maximum atomic E-state index is 12.6. The van der Waals surface area contributed by atoms with Crippen LogP contribution in [0.1, 0.15) is 15.9 Å². The molecule has 0 saturated heterocycles. The number of nitrogens with two attached hydrogens (primary N) is 1. The van der Waals surface area contributed by atoms with Crippen LogP contribution in [0.2, 0.25) is 0 Å². The first-order chi connectivity index (χ1) is 19.4. The van der Waals surface area contributed by atoms with Gasteiger partial charge in [0.05, 0.1) is 43.7 Å². The summed E-state index contributed by atoms with van der Waals surface area (Å²) in [7, 11) is 6.75. The number of para-hydroxylation sites is 2. The van der Waals surface area contributed by atoms with Gasteiger partial charge in [-0.25, -0.2) is 4.98 Å². The van der Waals surface area contributed by atoms with Gasteiger partial charge in [0.1, 0.15) is 5.82 Å². The van der Waals surface area contributed by atoms with Gasteiger partial charge in [-0.3, -0.25) is 4.79 Å². The van der Waals surface area contributed by atoms with Crippen LogP contribution in [-0.4, -0.2) is 36.8 Å². The monoisotopic (exact) mass is 537 g/mol. The van der Waals surface area contributed by atoms with Crippen LogP contribution in [0, 0.1) is 0 Å². The van der Waals surface area contributed by atoms with E-state index in [4.69, 9.17) is 24.9 Å². The summed E-state index contributed by atoms with van der Waals surface area (Å²) in [5, 5.41) is 6.30. The predicted molar refractivity (Wildman–Crippen MR) is 158 cm³/mol. The number of carbonyl (C=O) groups is 1. The van der Waals surface area contributed by atoms with E-state index in [1.165, 1.54) is 0 Å². The van der Waals surface area contributed by atoms with Gasteiger partial charge in [-0.2, -0.15) is 0 Å². The van der Waals surface area contributed by atoms with Gasteiger partial charge >= 0.3 is 0 Å². The molecule has 4 aromatic carbocycles. The topological polar surface area (TPSA) is 113 Å². The third-order valence-corrected chi connectivity index (χ3v) is 6.73. The van der Waals surface area contributed by atoms with Gasteiger partial charge in [0.2, 0.25) is 5.75 Å². The molecule has 204 valence electrons. The summed E-state index contributed by atoms with van der Waals surface area (Å²) in [6, 6.07) is 24.5. The smallest absolute Gasteiger partial charge is 0.255 e. The molecule has 0 aliphatic rings. The van der Waals surface area contributed by atoms with Crippen molar-refractivity contribution < 1.29 is 19.0 Å². The van der Waals surface area contributed by atoms with Crippen LogP contribution in [0.4, 0.5) is 17.1 Å². The third-order valence-electron chi connectivity index (χ3n) is 6.73. The van der Waals surface area contributed by atoms with Crippen LogP contribution in [0.25, 0.3) is 22.4 Å². The van der Waals surface area contributed by atoms with Crippen molar-refractivity contribution >= 4 is 34.0 Å². The number of carbonyl (C=O) groups excluding carboxylic acids is 1. The fraction of sp³-hybridized carbons (Fsp3) is 0.161. The highest BCUT2D eigenvalue weighted by molar-refractivity contribution is 6.05. The number of anilines is 3. The molecule has 0 spiro atoms. The average molecular weight is 538 g/mol. The second-order valence-electron chi connectivity index (χ2n) is 9.20. The van der Waals surface area contributed by atoms with Crippen LogP contribution in [0.15, 0.2) is 78.9 Å². The minimum Gasteiger partial charge on any atom is -0.493 e. The summed E-state index contributed by atoms with van der Waals surface area (Å²) < 4.78 is 18.5. The SMILES string of the molecule is COc1cc(-c2nc3cc(NCc4ccc(C(=O)Nc5ccccc5N)cc4)ccc3n2C)cc(OC)c1OC. The lowest BCUT2D eigenvalue weighted by molar-refractivity contribution is 0.102. The average Bonchev–Trinajstić information content (AvgIpc) is 3.32. The van der Waals surface area contributed by atoms with E-state index >= 15 is 0 Å². The number of methoxy groups -OCH3 is 3. The number of hydrogen-bond acceptors (Lipinski definition) is 7. The summed E-state index contributed by atoms with van der Waals surface area (Å²) in [4.78, 5) is 17.5. The van der Waals surface area contributed by atoms with E-state index < -0.39 is 0 Å². The van der Waals surface area contributed by atoms with Crippen molar-refractivity contribution in [3.8, 4) is 28.6 Å². The van der Waals surface area contributed by atoms with E-state index in [2.05, 4.69) is 10.6 Å². The highest BCUT2D eigenvalue weighted by atomic mass is 16.5. The lowest BCUT2D eigenvalue weighted by Gasteiger charge is -2.14. The normalized spacial score (nSPS) is 10.8. The van der Waals surface area contributed by atoms with Gasteiger partial charge in [-0.1, -0.05) is 24.3 Å². The highest BCUT2D eigenvalue weighted by Gasteiger charge is 2.18. The van der Waals surface area contributed by atoms with Crippen molar-refractivity contribution in [3.63, 3.8) is 0 Å². The number of aryl methyl sites for hydroxylation is 1. The number of nitrogen functional groups attached to an aromatic ring is 1. The molecule has 0 saturated carbocycles. The molecule has 1 amide bonds. The molecule has 9 nitrogen and oxygen atoms in total. The van der Waals surface area contributed by atoms with Crippen LogP contribution in [0.5, 0.6) is 17.2 Å².